The Hall–Kier alpha value is -1.56. The van der Waals surface area contributed by atoms with E-state index < -0.39 is 6.10 Å². The van der Waals surface area contributed by atoms with Gasteiger partial charge in [0.2, 0.25) is 0 Å². The van der Waals surface area contributed by atoms with Crippen molar-refractivity contribution in [3.05, 3.63) is 35.4 Å². The zero-order valence-electron chi connectivity index (χ0n) is 14.0. The molecule has 3 atom stereocenters. The first-order valence-corrected chi connectivity index (χ1v) is 8.02. The summed E-state index contributed by atoms with van der Waals surface area (Å²) in [5.74, 6) is 1.70. The maximum atomic E-state index is 10.0. The van der Waals surface area contributed by atoms with Crippen molar-refractivity contribution in [2.45, 2.75) is 37.0 Å². The number of rotatable bonds is 1. The number of aliphatic hydroxyl groups is 1. The fourth-order valence-corrected chi connectivity index (χ4v) is 4.36. The Kier molecular flexibility index (Phi) is 3.71. The number of benzene rings is 1. The first-order valence-electron chi connectivity index (χ1n) is 8.02. The molecule has 1 aliphatic carbocycles. The summed E-state index contributed by atoms with van der Waals surface area (Å²) in [4.78, 5) is 0. The molecule has 1 spiro atoms. The molecule has 1 aromatic carbocycles. The topological polar surface area (TPSA) is 68.7 Å². The van der Waals surface area contributed by atoms with Gasteiger partial charge in [-0.05, 0) is 12.1 Å². The molecule has 2 aliphatic heterocycles. The van der Waals surface area contributed by atoms with E-state index in [1.165, 1.54) is 11.1 Å². The van der Waals surface area contributed by atoms with Crippen LogP contribution in [0.4, 0.5) is 0 Å². The third-order valence-corrected chi connectivity index (χ3v) is 5.53. The molecule has 2 heterocycles. The summed E-state index contributed by atoms with van der Waals surface area (Å²) < 4.78 is 12.8. The molecule has 23 heavy (non-hydrogen) atoms. The fourth-order valence-electron chi connectivity index (χ4n) is 4.36. The van der Waals surface area contributed by atoms with Gasteiger partial charge in [-0.25, -0.2) is 0 Å². The van der Waals surface area contributed by atoms with Crippen LogP contribution in [0.5, 0.6) is 11.5 Å². The van der Waals surface area contributed by atoms with Crippen molar-refractivity contribution in [3.8, 4) is 11.5 Å². The minimum atomic E-state index is -0.412. The highest BCUT2D eigenvalue weighted by molar-refractivity contribution is 5.60. The third kappa shape index (κ3) is 2.26. The summed E-state index contributed by atoms with van der Waals surface area (Å²) >= 11 is 0. The van der Waals surface area contributed by atoms with Gasteiger partial charge < -0.3 is 24.5 Å². The lowest BCUT2D eigenvalue weighted by Crippen LogP contribution is -2.45. The lowest BCUT2D eigenvalue weighted by Gasteiger charge is -2.36. The highest BCUT2D eigenvalue weighted by Crippen LogP contribution is 2.56. The molecule has 0 saturated heterocycles. The Labute approximate surface area is 137 Å². The SMILES string of the molecule is COc1ccc2c3c1O[C@H]1C[C@@H](O)C=CC31CC[N+](C)(C)C2.[OH-]. The van der Waals surface area contributed by atoms with Gasteiger partial charge in [-0.2, -0.15) is 0 Å². The van der Waals surface area contributed by atoms with E-state index in [2.05, 4.69) is 26.2 Å². The second-order valence-corrected chi connectivity index (χ2v) is 7.51. The number of ether oxygens (including phenoxy) is 2. The number of nitrogens with zero attached hydrogens (tertiary/aromatic N) is 1. The standard InChI is InChI=1S/C18H24NO3.H2O/c1-19(2)9-8-18-7-6-13(20)10-15(18)22-17-14(21-3)5-4-12(11-19)16(17)18;/h4-7,13,15,20H,8-11H2,1-3H3;1H2/q+1;/p-1/t13-,15-,18?;/m0./s1. The van der Waals surface area contributed by atoms with Crippen molar-refractivity contribution in [3.63, 3.8) is 0 Å². The zero-order valence-corrected chi connectivity index (χ0v) is 14.0. The third-order valence-electron chi connectivity index (χ3n) is 5.53. The van der Waals surface area contributed by atoms with E-state index in [1.807, 2.05) is 12.1 Å². The second kappa shape index (κ2) is 5.23. The van der Waals surface area contributed by atoms with Crippen LogP contribution in [0.1, 0.15) is 24.0 Å². The van der Waals surface area contributed by atoms with Crippen molar-refractivity contribution in [1.29, 1.82) is 0 Å². The first kappa shape index (κ1) is 16.3. The molecule has 126 valence electrons. The molecular weight excluding hydrogens is 294 g/mol. The molecule has 0 saturated carbocycles. The zero-order chi connectivity index (χ0) is 15.5. The van der Waals surface area contributed by atoms with Gasteiger partial charge in [0.15, 0.2) is 11.5 Å². The van der Waals surface area contributed by atoms with Crippen molar-refractivity contribution >= 4 is 0 Å². The lowest BCUT2D eigenvalue weighted by atomic mass is 9.69. The summed E-state index contributed by atoms with van der Waals surface area (Å²) in [5, 5.41) is 10.0. The Bertz CT molecular complexity index is 655. The Morgan fingerprint density at radius 3 is 2.87 bits per heavy atom. The van der Waals surface area contributed by atoms with Crippen molar-refractivity contribution in [1.82, 2.24) is 0 Å². The smallest absolute Gasteiger partial charge is 0.166 e. The predicted octanol–water partition coefficient (Wildman–Crippen LogP) is 1.82. The van der Waals surface area contributed by atoms with Gasteiger partial charge in [-0.15, -0.1) is 0 Å². The van der Waals surface area contributed by atoms with Crippen molar-refractivity contribution in [2.75, 3.05) is 27.7 Å². The maximum Gasteiger partial charge on any atom is 0.166 e. The predicted molar refractivity (Wildman–Crippen MR) is 86.1 cm³/mol. The average Bonchev–Trinajstić information content (AvgIpc) is 2.74. The van der Waals surface area contributed by atoms with Gasteiger partial charge in [0.1, 0.15) is 12.6 Å². The molecule has 0 fully saturated rings. The molecule has 4 rings (SSSR count). The summed E-state index contributed by atoms with van der Waals surface area (Å²) in [5.41, 5.74) is 2.54. The Morgan fingerprint density at radius 2 is 2.13 bits per heavy atom. The highest BCUT2D eigenvalue weighted by Gasteiger charge is 2.54. The Balaban J connectivity index is 0.00000156. The summed E-state index contributed by atoms with van der Waals surface area (Å²) in [6, 6.07) is 4.21. The van der Waals surface area contributed by atoms with E-state index in [0.29, 0.717) is 6.42 Å². The minimum absolute atomic E-state index is 0. The molecule has 5 heteroatoms. The van der Waals surface area contributed by atoms with E-state index in [-0.39, 0.29) is 17.0 Å². The van der Waals surface area contributed by atoms with Crippen LogP contribution in [-0.4, -0.2) is 55.0 Å². The average molecular weight is 319 g/mol. The number of hydrogen-bond donors (Lipinski definition) is 1. The summed E-state index contributed by atoms with van der Waals surface area (Å²) in [7, 11) is 6.26. The number of methoxy groups -OCH3 is 1. The summed E-state index contributed by atoms with van der Waals surface area (Å²) in [6.07, 6.45) is 5.44. The number of hydrogen-bond acceptors (Lipinski definition) is 4. The van der Waals surface area contributed by atoms with Crippen LogP contribution >= 0.6 is 0 Å². The molecule has 0 bridgehead atoms. The van der Waals surface area contributed by atoms with E-state index in [9.17, 15) is 5.11 Å². The number of aliphatic hydroxyl groups excluding tert-OH is 1. The van der Waals surface area contributed by atoms with Crippen LogP contribution in [0.3, 0.4) is 0 Å². The monoisotopic (exact) mass is 319 g/mol. The molecule has 3 aliphatic rings. The van der Waals surface area contributed by atoms with Gasteiger partial charge in [0.25, 0.3) is 0 Å². The molecule has 5 nitrogen and oxygen atoms in total. The van der Waals surface area contributed by atoms with Gasteiger partial charge in [0, 0.05) is 24.0 Å². The molecular formula is C18H25NO4. The van der Waals surface area contributed by atoms with Gasteiger partial charge in [-0.1, -0.05) is 12.2 Å². The van der Waals surface area contributed by atoms with Crippen LogP contribution in [-0.2, 0) is 12.0 Å². The minimum Gasteiger partial charge on any atom is -0.870 e. The largest absolute Gasteiger partial charge is 0.870 e. The number of quaternary nitrogens is 1. The molecule has 0 amide bonds. The normalized spacial score (nSPS) is 32.9. The fraction of sp³-hybridized carbons (Fsp3) is 0.556. The van der Waals surface area contributed by atoms with Gasteiger partial charge in [-0.3, -0.25) is 0 Å². The lowest BCUT2D eigenvalue weighted by molar-refractivity contribution is -0.903. The van der Waals surface area contributed by atoms with E-state index in [1.54, 1.807) is 7.11 Å². The van der Waals surface area contributed by atoms with Crippen molar-refractivity contribution in [2.24, 2.45) is 0 Å². The molecule has 0 radical (unpaired) electrons. The molecule has 1 aromatic rings. The second-order valence-electron chi connectivity index (χ2n) is 7.51. The molecule has 2 N–H and O–H groups in total. The van der Waals surface area contributed by atoms with E-state index in [0.717, 1.165) is 35.5 Å². The van der Waals surface area contributed by atoms with Crippen molar-refractivity contribution < 1.29 is 24.5 Å². The van der Waals surface area contributed by atoms with Crippen LogP contribution in [0.15, 0.2) is 24.3 Å². The quantitative estimate of drug-likeness (QED) is 0.633. The van der Waals surface area contributed by atoms with E-state index in [4.69, 9.17) is 9.47 Å². The highest BCUT2D eigenvalue weighted by atomic mass is 16.5. The van der Waals surface area contributed by atoms with Crippen LogP contribution in [0.25, 0.3) is 0 Å². The van der Waals surface area contributed by atoms with Crippen LogP contribution in [0.2, 0.25) is 0 Å². The molecule has 0 aromatic heterocycles. The summed E-state index contributed by atoms with van der Waals surface area (Å²) in [6.45, 7) is 2.09. The van der Waals surface area contributed by atoms with Crippen LogP contribution in [0, 0.1) is 0 Å². The molecule has 1 unspecified atom stereocenters. The van der Waals surface area contributed by atoms with Gasteiger partial charge in [0.05, 0.1) is 39.3 Å². The van der Waals surface area contributed by atoms with Crippen LogP contribution < -0.4 is 9.47 Å². The maximum absolute atomic E-state index is 10.0. The first-order chi connectivity index (χ1) is 10.5. The Morgan fingerprint density at radius 1 is 1.35 bits per heavy atom. The van der Waals surface area contributed by atoms with Gasteiger partial charge >= 0.3 is 0 Å². The van der Waals surface area contributed by atoms with E-state index >= 15 is 0 Å².